The SMILES string of the molecule is C=CC(=O)NCc1ccc(CC)s1. The van der Waals surface area contributed by atoms with Crippen LogP contribution >= 0.6 is 11.3 Å². The molecule has 1 aromatic rings. The molecule has 0 unspecified atom stereocenters. The molecule has 0 aliphatic carbocycles. The van der Waals surface area contributed by atoms with E-state index in [1.165, 1.54) is 15.8 Å². The van der Waals surface area contributed by atoms with Gasteiger partial charge in [0.1, 0.15) is 0 Å². The van der Waals surface area contributed by atoms with Gasteiger partial charge in [-0.05, 0) is 24.6 Å². The average molecular weight is 195 g/mol. The number of aryl methyl sites for hydroxylation is 1. The number of rotatable bonds is 4. The Morgan fingerprint density at radius 1 is 1.62 bits per heavy atom. The van der Waals surface area contributed by atoms with Crippen LogP contribution in [0.2, 0.25) is 0 Å². The minimum absolute atomic E-state index is 0.119. The minimum Gasteiger partial charge on any atom is -0.348 e. The number of carbonyl (C=O) groups is 1. The summed E-state index contributed by atoms with van der Waals surface area (Å²) >= 11 is 1.74. The summed E-state index contributed by atoms with van der Waals surface area (Å²) in [5.74, 6) is -0.119. The molecule has 1 rings (SSSR count). The summed E-state index contributed by atoms with van der Waals surface area (Å²) in [6, 6.07) is 4.15. The molecule has 0 radical (unpaired) electrons. The summed E-state index contributed by atoms with van der Waals surface area (Å²) in [6.07, 6.45) is 2.34. The molecule has 70 valence electrons. The molecule has 0 saturated carbocycles. The first kappa shape index (κ1) is 9.99. The van der Waals surface area contributed by atoms with Crippen LogP contribution < -0.4 is 5.32 Å². The second-order valence-electron chi connectivity index (χ2n) is 2.64. The summed E-state index contributed by atoms with van der Waals surface area (Å²) in [5, 5.41) is 2.74. The highest BCUT2D eigenvalue weighted by Crippen LogP contribution is 2.16. The average Bonchev–Trinajstić information content (AvgIpc) is 2.61. The van der Waals surface area contributed by atoms with Crippen molar-refractivity contribution in [2.75, 3.05) is 0 Å². The molecule has 1 N–H and O–H groups in total. The van der Waals surface area contributed by atoms with E-state index in [9.17, 15) is 4.79 Å². The van der Waals surface area contributed by atoms with Crippen LogP contribution in [0.25, 0.3) is 0 Å². The topological polar surface area (TPSA) is 29.1 Å². The Balaban J connectivity index is 2.45. The molecule has 13 heavy (non-hydrogen) atoms. The van der Waals surface area contributed by atoms with Crippen molar-refractivity contribution in [2.24, 2.45) is 0 Å². The van der Waals surface area contributed by atoms with Gasteiger partial charge in [0.25, 0.3) is 0 Å². The predicted molar refractivity (Wildman–Crippen MR) is 55.7 cm³/mol. The third kappa shape index (κ3) is 3.03. The van der Waals surface area contributed by atoms with Gasteiger partial charge >= 0.3 is 0 Å². The second-order valence-corrected chi connectivity index (χ2v) is 3.90. The Hall–Kier alpha value is -1.09. The van der Waals surface area contributed by atoms with E-state index in [1.54, 1.807) is 11.3 Å². The van der Waals surface area contributed by atoms with E-state index in [0.29, 0.717) is 6.54 Å². The van der Waals surface area contributed by atoms with E-state index < -0.39 is 0 Å². The van der Waals surface area contributed by atoms with Gasteiger partial charge in [0, 0.05) is 9.75 Å². The summed E-state index contributed by atoms with van der Waals surface area (Å²) in [7, 11) is 0. The molecule has 3 heteroatoms. The van der Waals surface area contributed by atoms with E-state index in [2.05, 4.69) is 24.9 Å². The largest absolute Gasteiger partial charge is 0.348 e. The first-order chi connectivity index (χ1) is 6.26. The van der Waals surface area contributed by atoms with Crippen LogP contribution in [0.3, 0.4) is 0 Å². The zero-order chi connectivity index (χ0) is 9.68. The molecule has 2 nitrogen and oxygen atoms in total. The Morgan fingerprint density at radius 2 is 2.31 bits per heavy atom. The van der Waals surface area contributed by atoms with Gasteiger partial charge in [-0.3, -0.25) is 4.79 Å². The van der Waals surface area contributed by atoms with Crippen LogP contribution in [0.4, 0.5) is 0 Å². The normalized spacial score (nSPS) is 9.62. The van der Waals surface area contributed by atoms with Crippen LogP contribution in [-0.4, -0.2) is 5.91 Å². The summed E-state index contributed by atoms with van der Waals surface area (Å²) in [5.41, 5.74) is 0. The van der Waals surface area contributed by atoms with Crippen molar-refractivity contribution in [2.45, 2.75) is 19.9 Å². The number of nitrogens with one attached hydrogen (secondary N) is 1. The fourth-order valence-electron chi connectivity index (χ4n) is 0.954. The van der Waals surface area contributed by atoms with Crippen LogP contribution in [0.5, 0.6) is 0 Å². The van der Waals surface area contributed by atoms with Gasteiger partial charge in [-0.2, -0.15) is 0 Å². The Kier molecular flexibility index (Phi) is 3.71. The molecule has 0 aliphatic rings. The number of hydrogen-bond acceptors (Lipinski definition) is 2. The third-order valence-electron chi connectivity index (χ3n) is 1.69. The van der Waals surface area contributed by atoms with E-state index in [1.807, 2.05) is 6.07 Å². The number of amides is 1. The Labute approximate surface area is 82.3 Å². The molecule has 0 spiro atoms. The first-order valence-electron chi connectivity index (χ1n) is 4.24. The van der Waals surface area contributed by atoms with Crippen molar-refractivity contribution in [1.29, 1.82) is 0 Å². The maximum absolute atomic E-state index is 10.8. The van der Waals surface area contributed by atoms with Crippen LogP contribution in [0.1, 0.15) is 16.7 Å². The summed E-state index contributed by atoms with van der Waals surface area (Å²) in [6.45, 7) is 6.12. The van der Waals surface area contributed by atoms with Crippen molar-refractivity contribution in [1.82, 2.24) is 5.32 Å². The Morgan fingerprint density at radius 3 is 2.85 bits per heavy atom. The monoisotopic (exact) mass is 195 g/mol. The molecule has 1 heterocycles. The molecule has 0 atom stereocenters. The number of carbonyl (C=O) groups excluding carboxylic acids is 1. The lowest BCUT2D eigenvalue weighted by Crippen LogP contribution is -2.19. The molecule has 1 amide bonds. The predicted octanol–water partition coefficient (Wildman–Crippen LogP) is 2.11. The van der Waals surface area contributed by atoms with E-state index in [4.69, 9.17) is 0 Å². The fraction of sp³-hybridized carbons (Fsp3) is 0.300. The van der Waals surface area contributed by atoms with E-state index in [0.717, 1.165) is 6.42 Å². The molecule has 0 aromatic carbocycles. The highest BCUT2D eigenvalue weighted by molar-refractivity contribution is 7.11. The molecule has 0 bridgehead atoms. The smallest absolute Gasteiger partial charge is 0.243 e. The quantitative estimate of drug-likeness (QED) is 0.732. The van der Waals surface area contributed by atoms with Gasteiger partial charge in [0.05, 0.1) is 6.54 Å². The minimum atomic E-state index is -0.119. The number of hydrogen-bond donors (Lipinski definition) is 1. The molecule has 0 aliphatic heterocycles. The zero-order valence-electron chi connectivity index (χ0n) is 7.67. The molecule has 0 saturated heterocycles. The standard InChI is InChI=1S/C10H13NOS/c1-3-8-5-6-9(13-8)7-11-10(12)4-2/h4-6H,2-3,7H2,1H3,(H,11,12). The third-order valence-corrected chi connectivity index (χ3v) is 2.92. The van der Waals surface area contributed by atoms with Gasteiger partial charge in [0.15, 0.2) is 0 Å². The zero-order valence-corrected chi connectivity index (χ0v) is 8.49. The lowest BCUT2D eigenvalue weighted by Gasteiger charge is -1.97. The van der Waals surface area contributed by atoms with Crippen molar-refractivity contribution >= 4 is 17.2 Å². The lowest BCUT2D eigenvalue weighted by atomic mass is 10.3. The maximum Gasteiger partial charge on any atom is 0.243 e. The highest BCUT2D eigenvalue weighted by Gasteiger charge is 1.99. The number of thiophene rings is 1. The van der Waals surface area contributed by atoms with Gasteiger partial charge in [-0.1, -0.05) is 13.5 Å². The van der Waals surface area contributed by atoms with Crippen LogP contribution in [-0.2, 0) is 17.8 Å². The highest BCUT2D eigenvalue weighted by atomic mass is 32.1. The lowest BCUT2D eigenvalue weighted by molar-refractivity contribution is -0.116. The van der Waals surface area contributed by atoms with Crippen molar-refractivity contribution < 1.29 is 4.79 Å². The fourth-order valence-corrected chi connectivity index (χ4v) is 1.85. The van der Waals surface area contributed by atoms with Gasteiger partial charge in [-0.25, -0.2) is 0 Å². The molecule has 0 fully saturated rings. The van der Waals surface area contributed by atoms with E-state index in [-0.39, 0.29) is 5.91 Å². The van der Waals surface area contributed by atoms with Crippen LogP contribution in [0, 0.1) is 0 Å². The van der Waals surface area contributed by atoms with Gasteiger partial charge in [0.2, 0.25) is 5.91 Å². The summed E-state index contributed by atoms with van der Waals surface area (Å²) < 4.78 is 0. The molecule has 1 aromatic heterocycles. The maximum atomic E-state index is 10.8. The van der Waals surface area contributed by atoms with Gasteiger partial charge in [-0.15, -0.1) is 11.3 Å². The summed E-state index contributed by atoms with van der Waals surface area (Å²) in [4.78, 5) is 13.4. The molecular formula is C10H13NOS. The van der Waals surface area contributed by atoms with Crippen molar-refractivity contribution in [3.05, 3.63) is 34.5 Å². The first-order valence-corrected chi connectivity index (χ1v) is 5.05. The van der Waals surface area contributed by atoms with Crippen LogP contribution in [0.15, 0.2) is 24.8 Å². The molecular weight excluding hydrogens is 182 g/mol. The van der Waals surface area contributed by atoms with Gasteiger partial charge < -0.3 is 5.32 Å². The van der Waals surface area contributed by atoms with Crippen molar-refractivity contribution in [3.63, 3.8) is 0 Å². The van der Waals surface area contributed by atoms with Crippen molar-refractivity contribution in [3.8, 4) is 0 Å². The van der Waals surface area contributed by atoms with E-state index >= 15 is 0 Å². The Bertz CT molecular complexity index is 304. The second kappa shape index (κ2) is 4.82.